The van der Waals surface area contributed by atoms with Crippen LogP contribution in [0, 0.1) is 16.0 Å². The number of non-ortho nitro benzene ring substituents is 1. The molecule has 21 heavy (non-hydrogen) atoms. The predicted molar refractivity (Wildman–Crippen MR) is 65.7 cm³/mol. The summed E-state index contributed by atoms with van der Waals surface area (Å²) in [5, 5.41) is 19.5. The third kappa shape index (κ3) is 2.77. The molecule has 0 spiro atoms. The number of hydrogen-bond donors (Lipinski definition) is 2. The number of primary amides is 1. The Morgan fingerprint density at radius 3 is 2.76 bits per heavy atom. The first-order chi connectivity index (χ1) is 9.76. The summed E-state index contributed by atoms with van der Waals surface area (Å²) in [6.07, 6.45) is -1.86. The molecule has 0 fully saturated rings. The Morgan fingerprint density at radius 1 is 1.57 bits per heavy atom. The maximum absolute atomic E-state index is 13.8. The number of rotatable bonds is 4. The fraction of sp³-hybridized carbons (Fsp3) is 0.333. The van der Waals surface area contributed by atoms with Gasteiger partial charge in [0.2, 0.25) is 0 Å². The van der Waals surface area contributed by atoms with Crippen LogP contribution in [0.2, 0.25) is 0 Å². The Balaban J connectivity index is 2.52. The lowest BCUT2D eigenvalue weighted by atomic mass is 9.84. The van der Waals surface area contributed by atoms with E-state index in [4.69, 9.17) is 15.6 Å². The van der Waals surface area contributed by atoms with Crippen LogP contribution < -0.4 is 10.5 Å². The van der Waals surface area contributed by atoms with Gasteiger partial charge in [0.25, 0.3) is 17.5 Å². The van der Waals surface area contributed by atoms with Crippen molar-refractivity contribution >= 4 is 11.6 Å². The Bertz CT molecular complexity index is 593. The zero-order valence-corrected chi connectivity index (χ0v) is 10.6. The summed E-state index contributed by atoms with van der Waals surface area (Å²) in [4.78, 5) is 21.2. The smallest absolute Gasteiger partial charge is 0.281 e. The van der Waals surface area contributed by atoms with Crippen LogP contribution in [0.5, 0.6) is 5.75 Å². The Kier molecular flexibility index (Phi) is 3.77. The number of fused-ring (bicyclic) bond motifs is 1. The zero-order chi connectivity index (χ0) is 15.8. The van der Waals surface area contributed by atoms with Crippen molar-refractivity contribution < 1.29 is 28.3 Å². The minimum Gasteiger partial charge on any atom is -0.480 e. The zero-order valence-electron chi connectivity index (χ0n) is 10.6. The summed E-state index contributed by atoms with van der Waals surface area (Å²) < 4.78 is 32.8. The van der Waals surface area contributed by atoms with E-state index < -0.39 is 47.5 Å². The third-order valence-electron chi connectivity index (χ3n) is 3.12. The normalized spacial score (nSPS) is 18.7. The van der Waals surface area contributed by atoms with Crippen molar-refractivity contribution in [1.29, 1.82) is 0 Å². The molecule has 7 nitrogen and oxygen atoms in total. The molecule has 9 heteroatoms. The standard InChI is InChI=1S/C12H11F2N2O5/c13-12(14,5-17)8-4-10(11(15)18)21-9-2-1-6(16(19)20)3-7(8)9/h1-3,10,17H,4-5H2,(H2,15,18)/t10-/m1/s1. The van der Waals surface area contributed by atoms with E-state index in [1.807, 2.05) is 0 Å². The second kappa shape index (κ2) is 5.24. The van der Waals surface area contributed by atoms with Crippen LogP contribution in [0.25, 0.3) is 0 Å². The van der Waals surface area contributed by atoms with Crippen molar-refractivity contribution in [2.24, 2.45) is 5.73 Å². The molecule has 113 valence electrons. The van der Waals surface area contributed by atoms with Crippen LogP contribution >= 0.6 is 0 Å². The van der Waals surface area contributed by atoms with E-state index in [1.165, 1.54) is 0 Å². The molecule has 1 amide bonds. The molecule has 0 bridgehead atoms. The van der Waals surface area contributed by atoms with E-state index in [2.05, 4.69) is 0 Å². The molecule has 3 N–H and O–H groups in total. The van der Waals surface area contributed by atoms with Crippen LogP contribution in [0.3, 0.4) is 0 Å². The highest BCUT2D eigenvalue weighted by atomic mass is 19.3. The number of alkyl halides is 2. The number of hydrogen-bond acceptors (Lipinski definition) is 5. The lowest BCUT2D eigenvalue weighted by molar-refractivity contribution is -0.385. The highest BCUT2D eigenvalue weighted by Gasteiger charge is 2.47. The van der Waals surface area contributed by atoms with E-state index in [9.17, 15) is 23.7 Å². The van der Waals surface area contributed by atoms with Gasteiger partial charge in [0, 0.05) is 24.1 Å². The fourth-order valence-corrected chi connectivity index (χ4v) is 2.06. The topological polar surface area (TPSA) is 116 Å². The second-order valence-electron chi connectivity index (χ2n) is 4.49. The first-order valence-corrected chi connectivity index (χ1v) is 5.86. The SMILES string of the molecule is NC(=O)[C@H]1C[C](C(F)(F)CO)c2cc([N+](=O)[O-])ccc2O1. The number of nitro groups is 1. The molecule has 0 saturated carbocycles. The monoisotopic (exact) mass is 301 g/mol. The van der Waals surface area contributed by atoms with Crippen LogP contribution in [0.4, 0.5) is 14.5 Å². The van der Waals surface area contributed by atoms with Gasteiger partial charge in [-0.05, 0) is 6.07 Å². The molecular formula is C12H11F2N2O5. The van der Waals surface area contributed by atoms with Crippen LogP contribution in [-0.4, -0.2) is 34.6 Å². The first kappa shape index (κ1) is 15.1. The van der Waals surface area contributed by atoms with E-state index in [0.29, 0.717) is 0 Å². The number of nitro benzene ring substituents is 1. The molecule has 1 aromatic carbocycles. The van der Waals surface area contributed by atoms with Crippen molar-refractivity contribution in [3.05, 3.63) is 39.8 Å². The lowest BCUT2D eigenvalue weighted by Crippen LogP contribution is -2.43. The number of aliphatic hydroxyl groups is 1. The third-order valence-corrected chi connectivity index (χ3v) is 3.12. The molecule has 1 aliphatic heterocycles. The second-order valence-corrected chi connectivity index (χ2v) is 4.49. The van der Waals surface area contributed by atoms with Crippen LogP contribution in [-0.2, 0) is 4.79 Å². The fourth-order valence-electron chi connectivity index (χ4n) is 2.06. The highest BCUT2D eigenvalue weighted by molar-refractivity contribution is 5.80. The van der Waals surface area contributed by atoms with Crippen molar-refractivity contribution in [3.8, 4) is 5.75 Å². The lowest BCUT2D eigenvalue weighted by Gasteiger charge is -2.33. The van der Waals surface area contributed by atoms with Gasteiger partial charge in [0.15, 0.2) is 6.10 Å². The van der Waals surface area contributed by atoms with Gasteiger partial charge in [0.1, 0.15) is 12.4 Å². The van der Waals surface area contributed by atoms with E-state index in [-0.39, 0.29) is 11.3 Å². The quantitative estimate of drug-likeness (QED) is 0.630. The number of benzene rings is 1. The molecule has 1 aromatic rings. The van der Waals surface area contributed by atoms with Crippen LogP contribution in [0.15, 0.2) is 18.2 Å². The molecular weight excluding hydrogens is 290 g/mol. The van der Waals surface area contributed by atoms with Gasteiger partial charge in [-0.3, -0.25) is 14.9 Å². The first-order valence-electron chi connectivity index (χ1n) is 5.86. The van der Waals surface area contributed by atoms with Crippen molar-refractivity contribution in [3.63, 3.8) is 0 Å². The molecule has 1 aliphatic rings. The molecule has 0 aromatic heterocycles. The summed E-state index contributed by atoms with van der Waals surface area (Å²) in [5.74, 6) is -5.30. The van der Waals surface area contributed by atoms with E-state index in [1.54, 1.807) is 0 Å². The van der Waals surface area contributed by atoms with Gasteiger partial charge in [-0.2, -0.15) is 0 Å². The number of halogens is 2. The van der Waals surface area contributed by atoms with E-state index in [0.717, 1.165) is 18.2 Å². The number of nitrogens with zero attached hydrogens (tertiary/aromatic N) is 1. The van der Waals surface area contributed by atoms with Gasteiger partial charge in [0.05, 0.1) is 10.8 Å². The summed E-state index contributed by atoms with van der Waals surface area (Å²) in [6, 6.07) is 3.11. The predicted octanol–water partition coefficient (Wildman–Crippen LogP) is 0.781. The van der Waals surface area contributed by atoms with Gasteiger partial charge in [-0.25, -0.2) is 8.78 Å². The van der Waals surface area contributed by atoms with Crippen molar-refractivity contribution in [2.45, 2.75) is 18.4 Å². The molecule has 1 radical (unpaired) electrons. The molecule has 0 unspecified atom stereocenters. The molecule has 0 aliphatic carbocycles. The largest absolute Gasteiger partial charge is 0.480 e. The summed E-state index contributed by atoms with van der Waals surface area (Å²) in [5.41, 5.74) is 4.45. The molecule has 0 saturated heterocycles. The van der Waals surface area contributed by atoms with Gasteiger partial charge in [-0.15, -0.1) is 0 Å². The average Bonchev–Trinajstić information content (AvgIpc) is 2.45. The molecule has 1 heterocycles. The Hall–Kier alpha value is -2.29. The highest BCUT2D eigenvalue weighted by Crippen LogP contribution is 2.45. The van der Waals surface area contributed by atoms with Crippen LogP contribution in [0.1, 0.15) is 12.0 Å². The van der Waals surface area contributed by atoms with Gasteiger partial charge >= 0.3 is 0 Å². The minimum absolute atomic E-state index is 0.112. The molecule has 2 rings (SSSR count). The number of amides is 1. The maximum atomic E-state index is 13.8. The maximum Gasteiger partial charge on any atom is 0.281 e. The Labute approximate surface area is 117 Å². The van der Waals surface area contributed by atoms with E-state index >= 15 is 0 Å². The van der Waals surface area contributed by atoms with Crippen molar-refractivity contribution in [1.82, 2.24) is 0 Å². The van der Waals surface area contributed by atoms with Gasteiger partial charge in [-0.1, -0.05) is 0 Å². The number of aliphatic hydroxyl groups excluding tert-OH is 1. The Morgan fingerprint density at radius 2 is 2.24 bits per heavy atom. The minimum atomic E-state index is -3.64. The molecule has 1 atom stereocenters. The number of nitrogens with two attached hydrogens (primary N) is 1. The number of ether oxygens (including phenoxy) is 1. The summed E-state index contributed by atoms with van der Waals surface area (Å²) in [6.45, 7) is -1.49. The summed E-state index contributed by atoms with van der Waals surface area (Å²) in [7, 11) is 0. The van der Waals surface area contributed by atoms with Gasteiger partial charge < -0.3 is 15.6 Å². The summed E-state index contributed by atoms with van der Waals surface area (Å²) >= 11 is 0. The van der Waals surface area contributed by atoms with Crippen molar-refractivity contribution in [2.75, 3.05) is 6.61 Å². The average molecular weight is 301 g/mol. The number of carbonyl (C=O) groups is 1. The number of carbonyl (C=O) groups excluding carboxylic acids is 1.